The first-order valence-electron chi connectivity index (χ1n) is 11.8. The zero-order chi connectivity index (χ0) is 20.1. The number of fused-ring (bicyclic) bond motifs is 1. The first-order valence-corrected chi connectivity index (χ1v) is 11.8. The summed E-state index contributed by atoms with van der Waals surface area (Å²) >= 11 is 0. The lowest BCUT2D eigenvalue weighted by molar-refractivity contribution is -0.120. The lowest BCUT2D eigenvalue weighted by Crippen LogP contribution is -2.26. The van der Waals surface area contributed by atoms with Crippen LogP contribution in [-0.2, 0) is 17.9 Å². The van der Waals surface area contributed by atoms with Gasteiger partial charge in [-0.2, -0.15) is 0 Å². The Morgan fingerprint density at radius 2 is 1.79 bits per heavy atom. The molecule has 5 heteroatoms. The Balaban J connectivity index is 1.53. The number of aromatic nitrogens is 2. The summed E-state index contributed by atoms with van der Waals surface area (Å²) in [6, 6.07) is 6.25. The van der Waals surface area contributed by atoms with Crippen LogP contribution in [0.2, 0.25) is 0 Å². The summed E-state index contributed by atoms with van der Waals surface area (Å²) in [5, 5.41) is 3.16. The molecule has 1 amide bonds. The van der Waals surface area contributed by atoms with Crippen LogP contribution in [-0.4, -0.2) is 33.4 Å². The number of likely N-dealkylation sites (tertiary alicyclic amines) is 1. The van der Waals surface area contributed by atoms with Gasteiger partial charge in [0.1, 0.15) is 5.82 Å². The SMILES string of the molecule is CCCn1c(CN2CCCCCC2)nc2cc(NC(=O)C3CCCCC3)ccc21. The van der Waals surface area contributed by atoms with E-state index in [4.69, 9.17) is 4.98 Å². The van der Waals surface area contributed by atoms with Crippen LogP contribution in [0.4, 0.5) is 5.69 Å². The van der Waals surface area contributed by atoms with E-state index in [-0.39, 0.29) is 11.8 Å². The zero-order valence-corrected chi connectivity index (χ0v) is 18.0. The summed E-state index contributed by atoms with van der Waals surface area (Å²) < 4.78 is 2.38. The molecule has 1 saturated carbocycles. The Kier molecular flexibility index (Phi) is 6.86. The summed E-state index contributed by atoms with van der Waals surface area (Å²) in [7, 11) is 0. The van der Waals surface area contributed by atoms with Gasteiger partial charge in [0, 0.05) is 18.2 Å². The van der Waals surface area contributed by atoms with E-state index in [1.807, 2.05) is 6.07 Å². The van der Waals surface area contributed by atoms with Crippen molar-refractivity contribution in [3.63, 3.8) is 0 Å². The Morgan fingerprint density at radius 3 is 2.52 bits per heavy atom. The van der Waals surface area contributed by atoms with Gasteiger partial charge in [-0.25, -0.2) is 4.98 Å². The van der Waals surface area contributed by atoms with E-state index in [0.29, 0.717) is 0 Å². The van der Waals surface area contributed by atoms with Gasteiger partial charge in [0.15, 0.2) is 0 Å². The number of carbonyl (C=O) groups excluding carboxylic acids is 1. The van der Waals surface area contributed by atoms with Gasteiger partial charge in [-0.3, -0.25) is 9.69 Å². The van der Waals surface area contributed by atoms with Gasteiger partial charge in [-0.1, -0.05) is 39.0 Å². The van der Waals surface area contributed by atoms with Crippen molar-refractivity contribution in [2.24, 2.45) is 5.92 Å². The average Bonchev–Trinajstić information content (AvgIpc) is 2.90. The molecule has 4 rings (SSSR count). The number of anilines is 1. The maximum absolute atomic E-state index is 12.6. The fourth-order valence-electron chi connectivity index (χ4n) is 4.95. The van der Waals surface area contributed by atoms with Gasteiger partial charge in [-0.05, 0) is 63.4 Å². The molecule has 0 spiro atoms. The maximum Gasteiger partial charge on any atom is 0.227 e. The first-order chi connectivity index (χ1) is 14.2. The predicted molar refractivity (Wildman–Crippen MR) is 119 cm³/mol. The van der Waals surface area contributed by atoms with Gasteiger partial charge < -0.3 is 9.88 Å². The van der Waals surface area contributed by atoms with Crippen molar-refractivity contribution in [1.29, 1.82) is 0 Å². The third kappa shape index (κ3) is 5.00. The van der Waals surface area contributed by atoms with Gasteiger partial charge in [0.05, 0.1) is 17.6 Å². The second-order valence-corrected chi connectivity index (χ2v) is 8.90. The minimum atomic E-state index is 0.177. The molecule has 2 heterocycles. The highest BCUT2D eigenvalue weighted by molar-refractivity contribution is 5.94. The van der Waals surface area contributed by atoms with Crippen molar-refractivity contribution in [3.05, 3.63) is 24.0 Å². The van der Waals surface area contributed by atoms with Crippen LogP contribution in [0.3, 0.4) is 0 Å². The Hall–Kier alpha value is -1.88. The molecule has 0 unspecified atom stereocenters. The van der Waals surface area contributed by atoms with Crippen LogP contribution in [0.25, 0.3) is 11.0 Å². The maximum atomic E-state index is 12.6. The van der Waals surface area contributed by atoms with Crippen LogP contribution in [0.5, 0.6) is 0 Å². The highest BCUT2D eigenvalue weighted by Gasteiger charge is 2.21. The Labute approximate surface area is 174 Å². The van der Waals surface area contributed by atoms with Crippen LogP contribution in [0, 0.1) is 5.92 Å². The number of aryl methyl sites for hydroxylation is 1. The number of hydrogen-bond acceptors (Lipinski definition) is 3. The molecule has 2 aliphatic rings. The molecule has 0 atom stereocenters. The number of nitrogens with one attached hydrogen (secondary N) is 1. The summed E-state index contributed by atoms with van der Waals surface area (Å²) in [6.45, 7) is 6.50. The van der Waals surface area contributed by atoms with E-state index in [1.165, 1.54) is 69.4 Å². The number of rotatable bonds is 6. The van der Waals surface area contributed by atoms with Crippen LogP contribution in [0.15, 0.2) is 18.2 Å². The van der Waals surface area contributed by atoms with Crippen LogP contribution in [0.1, 0.15) is 77.0 Å². The summed E-state index contributed by atoms with van der Waals surface area (Å²) in [5.41, 5.74) is 3.08. The van der Waals surface area contributed by atoms with E-state index < -0.39 is 0 Å². The minimum Gasteiger partial charge on any atom is -0.327 e. The normalized spacial score (nSPS) is 19.3. The van der Waals surface area contributed by atoms with Crippen molar-refractivity contribution in [3.8, 4) is 0 Å². The Bertz CT molecular complexity index is 814. The second kappa shape index (κ2) is 9.75. The topological polar surface area (TPSA) is 50.2 Å². The highest BCUT2D eigenvalue weighted by atomic mass is 16.1. The van der Waals surface area contributed by atoms with Gasteiger partial charge in [-0.15, -0.1) is 0 Å². The van der Waals surface area contributed by atoms with Crippen LogP contribution < -0.4 is 5.32 Å². The average molecular weight is 397 g/mol. The van der Waals surface area contributed by atoms with Gasteiger partial charge in [0.25, 0.3) is 0 Å². The molecule has 1 aliphatic heterocycles. The van der Waals surface area contributed by atoms with Crippen molar-refractivity contribution in [2.75, 3.05) is 18.4 Å². The monoisotopic (exact) mass is 396 g/mol. The van der Waals surface area contributed by atoms with Crippen molar-refractivity contribution < 1.29 is 4.79 Å². The quantitative estimate of drug-likeness (QED) is 0.717. The standard InChI is InChI=1S/C24H36N4O/c1-2-14-28-22-13-12-20(25-24(29)19-10-6-5-7-11-19)17-21(22)26-23(28)18-27-15-8-3-4-9-16-27/h12-13,17,19H,2-11,14-16,18H2,1H3,(H,25,29). The summed E-state index contributed by atoms with van der Waals surface area (Å²) in [5.74, 6) is 1.53. The largest absolute Gasteiger partial charge is 0.327 e. The molecular weight excluding hydrogens is 360 g/mol. The number of amides is 1. The molecule has 2 fully saturated rings. The molecule has 158 valence electrons. The smallest absolute Gasteiger partial charge is 0.227 e. The minimum absolute atomic E-state index is 0.177. The predicted octanol–water partition coefficient (Wildman–Crippen LogP) is 5.34. The molecule has 1 aromatic heterocycles. The third-order valence-electron chi connectivity index (χ3n) is 6.58. The van der Waals surface area contributed by atoms with E-state index in [1.54, 1.807) is 0 Å². The van der Waals surface area contributed by atoms with Crippen LogP contribution >= 0.6 is 0 Å². The summed E-state index contributed by atoms with van der Waals surface area (Å²) in [6.07, 6.45) is 12.1. The molecule has 1 aliphatic carbocycles. The fourth-order valence-corrected chi connectivity index (χ4v) is 4.95. The molecule has 2 aromatic rings. The fraction of sp³-hybridized carbons (Fsp3) is 0.667. The number of nitrogens with zero attached hydrogens (tertiary/aromatic N) is 3. The molecule has 1 aromatic carbocycles. The van der Waals surface area contributed by atoms with Crippen molar-refractivity contribution in [2.45, 2.75) is 84.2 Å². The number of carbonyl (C=O) groups is 1. The molecule has 5 nitrogen and oxygen atoms in total. The van der Waals surface area contributed by atoms with E-state index >= 15 is 0 Å². The Morgan fingerprint density at radius 1 is 1.07 bits per heavy atom. The van der Waals surface area contributed by atoms with E-state index in [0.717, 1.165) is 43.6 Å². The first kappa shape index (κ1) is 20.4. The molecule has 0 bridgehead atoms. The number of benzene rings is 1. The van der Waals surface area contributed by atoms with Gasteiger partial charge in [0.2, 0.25) is 5.91 Å². The number of imidazole rings is 1. The molecule has 0 radical (unpaired) electrons. The lowest BCUT2D eigenvalue weighted by atomic mass is 9.88. The molecule has 29 heavy (non-hydrogen) atoms. The highest BCUT2D eigenvalue weighted by Crippen LogP contribution is 2.27. The zero-order valence-electron chi connectivity index (χ0n) is 18.0. The summed E-state index contributed by atoms with van der Waals surface area (Å²) in [4.78, 5) is 20.2. The second-order valence-electron chi connectivity index (χ2n) is 8.90. The van der Waals surface area contributed by atoms with E-state index in [2.05, 4.69) is 33.8 Å². The van der Waals surface area contributed by atoms with Gasteiger partial charge >= 0.3 is 0 Å². The van der Waals surface area contributed by atoms with Crippen molar-refractivity contribution >= 4 is 22.6 Å². The lowest BCUT2D eigenvalue weighted by Gasteiger charge is -2.20. The van der Waals surface area contributed by atoms with E-state index in [9.17, 15) is 4.79 Å². The third-order valence-corrected chi connectivity index (χ3v) is 6.58. The molecule has 1 N–H and O–H groups in total. The van der Waals surface area contributed by atoms with Crippen molar-refractivity contribution in [1.82, 2.24) is 14.5 Å². The number of hydrogen-bond donors (Lipinski definition) is 1. The molecular formula is C24H36N4O. The molecule has 1 saturated heterocycles.